The number of aliphatic hydroxyl groups excluding tert-OH is 1. The molecule has 0 bridgehead atoms. The number of nitrogens with one attached hydrogen (secondary N) is 1. The van der Waals surface area contributed by atoms with Crippen LogP contribution in [0.2, 0.25) is 0 Å². The molecule has 0 spiro atoms. The van der Waals surface area contributed by atoms with Gasteiger partial charge in [-0.25, -0.2) is 0 Å². The van der Waals surface area contributed by atoms with E-state index in [4.69, 9.17) is 0 Å². The highest BCUT2D eigenvalue weighted by atomic mass is 16.3. The average molecular weight is 269 g/mol. The van der Waals surface area contributed by atoms with Gasteiger partial charge in [-0.1, -0.05) is 34.6 Å². The molecule has 0 amide bonds. The predicted octanol–water partition coefficient (Wildman–Crippen LogP) is 3.98. The van der Waals surface area contributed by atoms with Crippen LogP contribution in [0.5, 0.6) is 0 Å². The van der Waals surface area contributed by atoms with Crippen LogP contribution < -0.4 is 5.32 Å². The fourth-order valence-corrected chi connectivity index (χ4v) is 3.30. The summed E-state index contributed by atoms with van der Waals surface area (Å²) in [6.07, 6.45) is 7.43. The van der Waals surface area contributed by atoms with Crippen LogP contribution in [0.1, 0.15) is 73.1 Å². The van der Waals surface area contributed by atoms with Crippen molar-refractivity contribution in [2.45, 2.75) is 79.2 Å². The zero-order valence-corrected chi connectivity index (χ0v) is 13.8. The third kappa shape index (κ3) is 4.75. The quantitative estimate of drug-likeness (QED) is 0.764. The third-order valence-electron chi connectivity index (χ3n) is 5.55. The smallest absolute Gasteiger partial charge is 0.0499 e. The van der Waals surface area contributed by atoms with Crippen molar-refractivity contribution in [2.24, 2.45) is 16.7 Å². The van der Waals surface area contributed by atoms with Crippen molar-refractivity contribution in [2.75, 3.05) is 13.2 Å². The maximum Gasteiger partial charge on any atom is 0.0499 e. The van der Waals surface area contributed by atoms with Gasteiger partial charge in [-0.2, -0.15) is 0 Å². The van der Waals surface area contributed by atoms with Crippen LogP contribution in [-0.4, -0.2) is 24.3 Å². The lowest BCUT2D eigenvalue weighted by atomic mass is 9.71. The van der Waals surface area contributed by atoms with Crippen molar-refractivity contribution < 1.29 is 5.11 Å². The van der Waals surface area contributed by atoms with E-state index in [1.807, 2.05) is 0 Å². The van der Waals surface area contributed by atoms with Crippen LogP contribution in [0.15, 0.2) is 0 Å². The molecule has 1 fully saturated rings. The number of rotatable bonds is 6. The summed E-state index contributed by atoms with van der Waals surface area (Å²) in [5, 5.41) is 13.3. The summed E-state index contributed by atoms with van der Waals surface area (Å²) in [5.41, 5.74) is 0.563. The Bertz CT molecular complexity index is 236. The molecule has 0 aromatic carbocycles. The first-order chi connectivity index (χ1) is 8.87. The molecule has 1 rings (SSSR count). The lowest BCUT2D eigenvalue weighted by molar-refractivity contribution is 0.100. The van der Waals surface area contributed by atoms with Crippen molar-refractivity contribution in [1.29, 1.82) is 0 Å². The minimum atomic E-state index is 0.0981. The van der Waals surface area contributed by atoms with Gasteiger partial charge in [0, 0.05) is 24.6 Å². The van der Waals surface area contributed by atoms with Crippen LogP contribution in [0, 0.1) is 16.7 Å². The third-order valence-corrected chi connectivity index (χ3v) is 5.55. The molecule has 2 nitrogen and oxygen atoms in total. The Morgan fingerprint density at radius 2 is 1.53 bits per heavy atom. The van der Waals surface area contributed by atoms with Crippen molar-refractivity contribution >= 4 is 0 Å². The molecule has 0 radical (unpaired) electrons. The van der Waals surface area contributed by atoms with Gasteiger partial charge in [0.05, 0.1) is 0 Å². The normalized spacial score (nSPS) is 25.6. The summed E-state index contributed by atoms with van der Waals surface area (Å²) in [6, 6.07) is 0.669. The van der Waals surface area contributed by atoms with Gasteiger partial charge in [0.2, 0.25) is 0 Å². The molecule has 19 heavy (non-hydrogen) atoms. The molecule has 0 heterocycles. The molecular formula is C17H35NO. The average Bonchev–Trinajstić information content (AvgIpc) is 2.40. The Balaban J connectivity index is 2.37. The van der Waals surface area contributed by atoms with Crippen LogP contribution in [0.25, 0.3) is 0 Å². The van der Waals surface area contributed by atoms with Crippen LogP contribution in [-0.2, 0) is 0 Å². The molecule has 0 aliphatic heterocycles. The second-order valence-corrected chi connectivity index (χ2v) is 7.66. The second-order valence-electron chi connectivity index (χ2n) is 7.66. The Morgan fingerprint density at radius 3 is 1.89 bits per heavy atom. The summed E-state index contributed by atoms with van der Waals surface area (Å²) in [4.78, 5) is 0. The number of aliphatic hydroxyl groups is 1. The fourth-order valence-electron chi connectivity index (χ4n) is 3.30. The van der Waals surface area contributed by atoms with E-state index in [1.165, 1.54) is 25.7 Å². The van der Waals surface area contributed by atoms with Gasteiger partial charge in [0.25, 0.3) is 0 Å². The largest absolute Gasteiger partial charge is 0.396 e. The minimum Gasteiger partial charge on any atom is -0.396 e. The Kier molecular flexibility index (Phi) is 6.32. The van der Waals surface area contributed by atoms with Crippen molar-refractivity contribution in [1.82, 2.24) is 5.32 Å². The Morgan fingerprint density at radius 1 is 1.00 bits per heavy atom. The molecule has 1 saturated carbocycles. The molecule has 2 heteroatoms. The van der Waals surface area contributed by atoms with E-state index in [2.05, 4.69) is 39.9 Å². The summed E-state index contributed by atoms with van der Waals surface area (Å²) in [6.45, 7) is 12.8. The Labute approximate surface area is 120 Å². The van der Waals surface area contributed by atoms with Gasteiger partial charge in [-0.05, 0) is 49.9 Å². The molecule has 1 aliphatic rings. The summed E-state index contributed by atoms with van der Waals surface area (Å²) in [5.74, 6) is 0.880. The maximum atomic E-state index is 9.61. The molecule has 0 aromatic heterocycles. The number of hydrogen-bond acceptors (Lipinski definition) is 2. The zero-order valence-electron chi connectivity index (χ0n) is 13.8. The van der Waals surface area contributed by atoms with Crippen molar-refractivity contribution in [3.63, 3.8) is 0 Å². The van der Waals surface area contributed by atoms with Crippen LogP contribution >= 0.6 is 0 Å². The molecule has 0 unspecified atom stereocenters. The maximum absolute atomic E-state index is 9.61. The van der Waals surface area contributed by atoms with Gasteiger partial charge < -0.3 is 10.4 Å². The molecular weight excluding hydrogens is 234 g/mol. The molecule has 0 aromatic rings. The highest BCUT2D eigenvalue weighted by molar-refractivity contribution is 4.86. The van der Waals surface area contributed by atoms with E-state index in [0.717, 1.165) is 25.3 Å². The summed E-state index contributed by atoms with van der Waals surface area (Å²) < 4.78 is 0. The van der Waals surface area contributed by atoms with Crippen molar-refractivity contribution in [3.05, 3.63) is 0 Å². The first-order valence-corrected chi connectivity index (χ1v) is 8.21. The molecule has 2 N–H and O–H groups in total. The van der Waals surface area contributed by atoms with E-state index in [9.17, 15) is 5.11 Å². The van der Waals surface area contributed by atoms with Gasteiger partial charge >= 0.3 is 0 Å². The fraction of sp³-hybridized carbons (Fsp3) is 1.00. The zero-order chi connectivity index (χ0) is 14.5. The lowest BCUT2D eigenvalue weighted by Crippen LogP contribution is -2.43. The summed E-state index contributed by atoms with van der Waals surface area (Å²) >= 11 is 0. The molecule has 0 atom stereocenters. The first-order valence-electron chi connectivity index (χ1n) is 8.21. The van der Waals surface area contributed by atoms with Crippen molar-refractivity contribution in [3.8, 4) is 0 Å². The SMILES string of the molecule is CCC(CC)(CO)CNC1CCC(C(C)(C)C)CC1. The van der Waals surface area contributed by atoms with E-state index in [1.54, 1.807) is 0 Å². The van der Waals surface area contributed by atoms with Crippen LogP contribution in [0.4, 0.5) is 0 Å². The van der Waals surface area contributed by atoms with E-state index >= 15 is 0 Å². The van der Waals surface area contributed by atoms with Gasteiger partial charge in [0.15, 0.2) is 0 Å². The van der Waals surface area contributed by atoms with E-state index < -0.39 is 0 Å². The van der Waals surface area contributed by atoms with Gasteiger partial charge in [0.1, 0.15) is 0 Å². The molecule has 0 saturated heterocycles. The van der Waals surface area contributed by atoms with E-state index in [0.29, 0.717) is 18.1 Å². The first kappa shape index (κ1) is 17.0. The summed E-state index contributed by atoms with van der Waals surface area (Å²) in [7, 11) is 0. The highest BCUT2D eigenvalue weighted by Crippen LogP contribution is 2.38. The topological polar surface area (TPSA) is 32.3 Å². The monoisotopic (exact) mass is 269 g/mol. The number of hydrogen-bond donors (Lipinski definition) is 2. The van der Waals surface area contributed by atoms with Gasteiger partial charge in [-0.15, -0.1) is 0 Å². The van der Waals surface area contributed by atoms with Crippen LogP contribution in [0.3, 0.4) is 0 Å². The standard InChI is InChI=1S/C17H35NO/c1-6-17(7-2,13-19)12-18-15-10-8-14(9-11-15)16(3,4)5/h14-15,18-19H,6-13H2,1-5H3. The predicted molar refractivity (Wildman–Crippen MR) is 83.3 cm³/mol. The van der Waals surface area contributed by atoms with Gasteiger partial charge in [-0.3, -0.25) is 0 Å². The Hall–Kier alpha value is -0.0800. The highest BCUT2D eigenvalue weighted by Gasteiger charge is 2.31. The lowest BCUT2D eigenvalue weighted by Gasteiger charge is -2.39. The molecule has 114 valence electrons. The molecule has 1 aliphatic carbocycles. The minimum absolute atomic E-state index is 0.0981. The second kappa shape index (κ2) is 7.08. The van der Waals surface area contributed by atoms with E-state index in [-0.39, 0.29) is 5.41 Å².